The third-order valence-electron chi connectivity index (χ3n) is 6.32. The second-order valence-electron chi connectivity index (χ2n) is 9.18. The fourth-order valence-corrected chi connectivity index (χ4v) is 4.98. The summed E-state index contributed by atoms with van der Waals surface area (Å²) >= 11 is 9.00. The van der Waals surface area contributed by atoms with E-state index in [1.807, 2.05) is 0 Å². The van der Waals surface area contributed by atoms with Crippen LogP contribution >= 0.6 is 25.3 Å². The van der Waals surface area contributed by atoms with Crippen LogP contribution in [0.1, 0.15) is 23.2 Å². The Morgan fingerprint density at radius 3 is 1.25 bits per heavy atom. The molecule has 0 aromatic heterocycles. The number of para-hydroxylation sites is 2. The molecule has 0 bridgehead atoms. The maximum absolute atomic E-state index is 13.6. The van der Waals surface area contributed by atoms with Crippen molar-refractivity contribution in [2.75, 3.05) is 24.9 Å². The molecule has 4 aromatic rings. The Balaban J connectivity index is 1.97. The Hall–Kier alpha value is -4.04. The number of hydrogen-bond acceptors (Lipinski definition) is 8. The second kappa shape index (κ2) is 13.7. The molecule has 0 saturated carbocycles. The molecule has 234 valence electrons. The van der Waals surface area contributed by atoms with Gasteiger partial charge in [0, 0.05) is 32.3 Å². The number of benzene rings is 4. The molecule has 4 rings (SSSR count). The van der Waals surface area contributed by atoms with E-state index < -0.39 is 36.3 Å². The van der Waals surface area contributed by atoms with Crippen molar-refractivity contribution < 1.29 is 45.3 Å². The van der Waals surface area contributed by atoms with E-state index in [9.17, 15) is 26.3 Å². The van der Waals surface area contributed by atoms with Gasteiger partial charge in [-0.15, -0.1) is 51.6 Å². The molecule has 4 aromatic carbocycles. The van der Waals surface area contributed by atoms with Gasteiger partial charge in [0.1, 0.15) is 23.0 Å². The van der Waals surface area contributed by atoms with Gasteiger partial charge in [-0.2, -0.15) is 0 Å². The Kier molecular flexibility index (Phi) is 10.3. The maximum Gasteiger partial charge on any atom is 0.573 e. The average molecular weight is 657 g/mol. The van der Waals surface area contributed by atoms with Crippen molar-refractivity contribution in [2.45, 2.75) is 34.6 Å². The number of nitrogens with one attached hydrogen (secondary N) is 2. The van der Waals surface area contributed by atoms with Crippen molar-refractivity contribution in [1.82, 2.24) is 0 Å². The van der Waals surface area contributed by atoms with Crippen LogP contribution in [0.25, 0.3) is 0 Å². The first-order valence-corrected chi connectivity index (χ1v) is 13.6. The number of ether oxygens (including phenoxy) is 4. The molecular weight excluding hydrogens is 630 g/mol. The lowest BCUT2D eigenvalue weighted by Gasteiger charge is -2.34. The molecular formula is C30H26F6N2O4S2. The largest absolute Gasteiger partial charge is 0.573 e. The summed E-state index contributed by atoms with van der Waals surface area (Å²) in [6.45, 7) is 0. The highest BCUT2D eigenvalue weighted by Gasteiger charge is 2.38. The van der Waals surface area contributed by atoms with E-state index in [1.165, 1.54) is 50.6 Å². The van der Waals surface area contributed by atoms with Gasteiger partial charge in [-0.25, -0.2) is 0 Å². The van der Waals surface area contributed by atoms with Crippen LogP contribution in [0.5, 0.6) is 23.0 Å². The first-order chi connectivity index (χ1) is 20.8. The maximum atomic E-state index is 13.6. The normalized spacial score (nSPS) is 13.0. The number of halogens is 6. The minimum absolute atomic E-state index is 0.0399. The van der Waals surface area contributed by atoms with Crippen LogP contribution in [0.15, 0.2) is 94.7 Å². The molecule has 6 nitrogen and oxygen atoms in total. The molecule has 0 amide bonds. The summed E-state index contributed by atoms with van der Waals surface area (Å²) in [7, 11) is 2.90. The van der Waals surface area contributed by atoms with Gasteiger partial charge in [0.25, 0.3) is 0 Å². The average Bonchev–Trinajstić information content (AvgIpc) is 2.95. The van der Waals surface area contributed by atoms with Crippen molar-refractivity contribution in [3.63, 3.8) is 0 Å². The molecule has 0 aliphatic rings. The smallest absolute Gasteiger partial charge is 0.497 e. The highest BCUT2D eigenvalue weighted by atomic mass is 32.1. The van der Waals surface area contributed by atoms with Crippen molar-refractivity contribution >= 4 is 36.6 Å². The van der Waals surface area contributed by atoms with E-state index in [4.69, 9.17) is 9.47 Å². The standard InChI is InChI=1S/C30H26F6N2O4S2/c1-39-17-11-13-21(25(43)15-17)37-27(19-7-3-5-9-23(19)41-29(31,32)33)28(38-22-14-12-18(40-2)16-26(22)44)20-8-4-6-10-24(20)42-30(34,35)36/h3-16,27-28,37-38,43-44H,1-2H3. The number of thiol groups is 2. The van der Waals surface area contributed by atoms with Crippen LogP contribution in [-0.4, -0.2) is 26.9 Å². The molecule has 2 N–H and O–H groups in total. The number of hydrogen-bond donors (Lipinski definition) is 4. The van der Waals surface area contributed by atoms with Crippen LogP contribution < -0.4 is 29.6 Å². The van der Waals surface area contributed by atoms with Crippen molar-refractivity contribution in [3.8, 4) is 23.0 Å². The number of rotatable bonds is 11. The van der Waals surface area contributed by atoms with E-state index in [1.54, 1.807) is 36.4 Å². The summed E-state index contributed by atoms with van der Waals surface area (Å²) in [6, 6.07) is 17.6. The van der Waals surface area contributed by atoms with Crippen LogP contribution in [0.3, 0.4) is 0 Å². The van der Waals surface area contributed by atoms with E-state index in [0.29, 0.717) is 32.7 Å². The summed E-state index contributed by atoms with van der Waals surface area (Å²) in [4.78, 5) is 0.697. The van der Waals surface area contributed by atoms with Crippen molar-refractivity contribution in [2.24, 2.45) is 0 Å². The molecule has 0 aliphatic carbocycles. The topological polar surface area (TPSA) is 61.0 Å². The molecule has 2 atom stereocenters. The molecule has 0 radical (unpaired) electrons. The lowest BCUT2D eigenvalue weighted by atomic mass is 9.91. The van der Waals surface area contributed by atoms with E-state index in [2.05, 4.69) is 45.4 Å². The van der Waals surface area contributed by atoms with Crippen LogP contribution in [0.4, 0.5) is 37.7 Å². The van der Waals surface area contributed by atoms with Gasteiger partial charge in [-0.3, -0.25) is 0 Å². The van der Waals surface area contributed by atoms with Gasteiger partial charge >= 0.3 is 12.7 Å². The van der Waals surface area contributed by atoms with E-state index >= 15 is 0 Å². The molecule has 0 spiro atoms. The lowest BCUT2D eigenvalue weighted by Crippen LogP contribution is -2.29. The molecule has 0 fully saturated rings. The fraction of sp³-hybridized carbons (Fsp3) is 0.200. The zero-order chi connectivity index (χ0) is 32.1. The quantitative estimate of drug-likeness (QED) is 0.0955. The third-order valence-corrected chi connectivity index (χ3v) is 7.06. The van der Waals surface area contributed by atoms with Gasteiger partial charge in [0.15, 0.2) is 0 Å². The zero-order valence-corrected chi connectivity index (χ0v) is 24.8. The van der Waals surface area contributed by atoms with Gasteiger partial charge in [-0.05, 0) is 48.5 Å². The molecule has 2 unspecified atom stereocenters. The van der Waals surface area contributed by atoms with Crippen molar-refractivity contribution in [3.05, 3.63) is 96.1 Å². The first kappa shape index (κ1) is 32.9. The monoisotopic (exact) mass is 656 g/mol. The highest BCUT2D eigenvalue weighted by molar-refractivity contribution is 7.80. The predicted molar refractivity (Wildman–Crippen MR) is 159 cm³/mol. The molecule has 44 heavy (non-hydrogen) atoms. The Morgan fingerprint density at radius 2 is 0.932 bits per heavy atom. The third kappa shape index (κ3) is 8.53. The van der Waals surface area contributed by atoms with Gasteiger partial charge in [0.05, 0.1) is 26.3 Å². The summed E-state index contributed by atoms with van der Waals surface area (Å²) < 4.78 is 101. The van der Waals surface area contributed by atoms with Gasteiger partial charge in [-0.1, -0.05) is 36.4 Å². The van der Waals surface area contributed by atoms with E-state index in [-0.39, 0.29) is 11.1 Å². The summed E-state index contributed by atoms with van der Waals surface area (Å²) in [5.41, 5.74) is 0.592. The lowest BCUT2D eigenvalue weighted by molar-refractivity contribution is -0.276. The summed E-state index contributed by atoms with van der Waals surface area (Å²) in [5, 5.41) is 6.33. The Bertz CT molecular complexity index is 1470. The molecule has 0 aliphatic heterocycles. The summed E-state index contributed by atoms with van der Waals surface area (Å²) in [6.07, 6.45) is -10.1. The minimum atomic E-state index is -5.07. The van der Waals surface area contributed by atoms with Crippen molar-refractivity contribution in [1.29, 1.82) is 0 Å². The molecule has 0 saturated heterocycles. The van der Waals surface area contributed by atoms with Crippen LogP contribution in [-0.2, 0) is 0 Å². The van der Waals surface area contributed by atoms with Crippen LogP contribution in [0.2, 0.25) is 0 Å². The summed E-state index contributed by atoms with van der Waals surface area (Å²) in [5.74, 6) is -0.244. The second-order valence-corrected chi connectivity index (χ2v) is 10.1. The zero-order valence-electron chi connectivity index (χ0n) is 23.0. The molecule has 14 heteroatoms. The Labute approximate surface area is 260 Å². The molecule has 0 heterocycles. The SMILES string of the molecule is COc1ccc(NC(c2ccccc2OC(F)(F)F)C(Nc2ccc(OC)cc2S)c2ccccc2OC(F)(F)F)c(S)c1. The van der Waals surface area contributed by atoms with Gasteiger partial charge < -0.3 is 29.6 Å². The first-order valence-electron chi connectivity index (χ1n) is 12.7. The number of alkyl halides is 6. The van der Waals surface area contributed by atoms with Crippen LogP contribution in [0, 0.1) is 0 Å². The van der Waals surface area contributed by atoms with E-state index in [0.717, 1.165) is 12.1 Å². The Morgan fingerprint density at radius 1 is 0.568 bits per heavy atom. The number of anilines is 2. The fourth-order valence-electron chi connectivity index (χ4n) is 4.45. The number of methoxy groups -OCH3 is 2. The van der Waals surface area contributed by atoms with Gasteiger partial charge in [0.2, 0.25) is 0 Å². The predicted octanol–water partition coefficient (Wildman–Crippen LogP) is 9.08. The highest BCUT2D eigenvalue weighted by Crippen LogP contribution is 2.45. The minimum Gasteiger partial charge on any atom is -0.497 e.